The molecule has 2 heteroatoms. The van der Waals surface area contributed by atoms with Crippen LogP contribution in [0.15, 0.2) is 24.3 Å². The molecule has 0 bridgehead atoms. The fourth-order valence-corrected chi connectivity index (χ4v) is 1.80. The maximum absolute atomic E-state index is 5.50. The minimum Gasteiger partial charge on any atom is -0.375 e. The first-order valence-electron chi connectivity index (χ1n) is 4.80. The summed E-state index contributed by atoms with van der Waals surface area (Å²) in [6.07, 6.45) is 0. The van der Waals surface area contributed by atoms with Crippen LogP contribution in [0.4, 0.5) is 0 Å². The van der Waals surface area contributed by atoms with Crippen LogP contribution in [0.25, 0.3) is 0 Å². The van der Waals surface area contributed by atoms with Gasteiger partial charge in [-0.2, -0.15) is 0 Å². The number of ether oxygens (including phenoxy) is 1. The van der Waals surface area contributed by atoms with Gasteiger partial charge >= 0.3 is 0 Å². The Hall–Kier alpha value is -0.860. The van der Waals surface area contributed by atoms with Crippen molar-refractivity contribution in [3.8, 4) is 0 Å². The molecule has 13 heavy (non-hydrogen) atoms. The van der Waals surface area contributed by atoms with Crippen LogP contribution in [-0.2, 0) is 11.3 Å². The Morgan fingerprint density at radius 1 is 1.46 bits per heavy atom. The van der Waals surface area contributed by atoms with Crippen LogP contribution in [0.1, 0.15) is 24.1 Å². The zero-order valence-corrected chi connectivity index (χ0v) is 7.92. The summed E-state index contributed by atoms with van der Waals surface area (Å²) in [6, 6.07) is 8.87. The second kappa shape index (κ2) is 3.90. The van der Waals surface area contributed by atoms with Crippen molar-refractivity contribution in [3.63, 3.8) is 0 Å². The molecule has 0 amide bonds. The van der Waals surface area contributed by atoms with E-state index in [9.17, 15) is 0 Å². The predicted molar refractivity (Wildman–Crippen MR) is 52.5 cm³/mol. The van der Waals surface area contributed by atoms with E-state index in [0.29, 0.717) is 6.04 Å². The molecular weight excluding hydrogens is 162 g/mol. The molecule has 1 aliphatic heterocycles. The standard InChI is InChI=1S/C11H15NO/c1-2-12-11-8-13-7-9-5-3-4-6-10(9)11/h3-6,11-12H,2,7-8H2,1H3. The Kier molecular flexibility index (Phi) is 2.62. The van der Waals surface area contributed by atoms with E-state index in [2.05, 4.69) is 36.5 Å². The van der Waals surface area contributed by atoms with Gasteiger partial charge < -0.3 is 10.1 Å². The van der Waals surface area contributed by atoms with Gasteiger partial charge in [0.2, 0.25) is 0 Å². The first-order valence-corrected chi connectivity index (χ1v) is 4.80. The Morgan fingerprint density at radius 2 is 2.31 bits per heavy atom. The van der Waals surface area contributed by atoms with E-state index in [-0.39, 0.29) is 0 Å². The monoisotopic (exact) mass is 177 g/mol. The molecule has 1 atom stereocenters. The van der Waals surface area contributed by atoms with Crippen molar-refractivity contribution in [3.05, 3.63) is 35.4 Å². The molecule has 0 aromatic heterocycles. The number of hydrogen-bond acceptors (Lipinski definition) is 2. The normalized spacial score (nSPS) is 21.2. The van der Waals surface area contributed by atoms with Crippen LogP contribution in [0.5, 0.6) is 0 Å². The minimum absolute atomic E-state index is 0.384. The smallest absolute Gasteiger partial charge is 0.0721 e. The molecule has 1 aliphatic rings. The third-order valence-electron chi connectivity index (χ3n) is 2.42. The van der Waals surface area contributed by atoms with Crippen LogP contribution in [0, 0.1) is 0 Å². The summed E-state index contributed by atoms with van der Waals surface area (Å²) in [4.78, 5) is 0. The number of hydrogen-bond donors (Lipinski definition) is 1. The Morgan fingerprint density at radius 3 is 3.15 bits per heavy atom. The molecule has 0 aliphatic carbocycles. The number of likely N-dealkylation sites (N-methyl/N-ethyl adjacent to an activating group) is 1. The number of nitrogens with one attached hydrogen (secondary N) is 1. The van der Waals surface area contributed by atoms with Gasteiger partial charge in [0, 0.05) is 0 Å². The summed E-state index contributed by atoms with van der Waals surface area (Å²) in [6.45, 7) is 4.67. The van der Waals surface area contributed by atoms with Crippen LogP contribution < -0.4 is 5.32 Å². The molecule has 70 valence electrons. The lowest BCUT2D eigenvalue weighted by Gasteiger charge is -2.26. The summed E-state index contributed by atoms with van der Waals surface area (Å²) < 4.78 is 5.50. The summed E-state index contributed by atoms with van der Waals surface area (Å²) in [7, 11) is 0. The average molecular weight is 177 g/mol. The van der Waals surface area contributed by atoms with E-state index in [0.717, 1.165) is 19.8 Å². The molecule has 2 rings (SSSR count). The fourth-order valence-electron chi connectivity index (χ4n) is 1.80. The van der Waals surface area contributed by atoms with E-state index in [1.807, 2.05) is 0 Å². The van der Waals surface area contributed by atoms with Crippen LogP contribution in [0.2, 0.25) is 0 Å². The van der Waals surface area contributed by atoms with Gasteiger partial charge in [-0.1, -0.05) is 31.2 Å². The Bertz CT molecular complexity index is 285. The third kappa shape index (κ3) is 1.74. The predicted octanol–water partition coefficient (Wildman–Crippen LogP) is 1.87. The van der Waals surface area contributed by atoms with E-state index in [1.165, 1.54) is 11.1 Å². The third-order valence-corrected chi connectivity index (χ3v) is 2.42. The summed E-state index contributed by atoms with van der Waals surface area (Å²) >= 11 is 0. The molecule has 0 spiro atoms. The molecule has 1 unspecified atom stereocenters. The highest BCUT2D eigenvalue weighted by Gasteiger charge is 2.18. The van der Waals surface area contributed by atoms with Crippen LogP contribution >= 0.6 is 0 Å². The number of benzene rings is 1. The zero-order valence-electron chi connectivity index (χ0n) is 7.92. The summed E-state index contributed by atoms with van der Waals surface area (Å²) in [5.41, 5.74) is 2.72. The number of fused-ring (bicyclic) bond motifs is 1. The molecule has 0 saturated heterocycles. The molecule has 0 radical (unpaired) electrons. The maximum atomic E-state index is 5.50. The molecule has 0 saturated carbocycles. The first-order chi connectivity index (χ1) is 6.42. The largest absolute Gasteiger partial charge is 0.375 e. The van der Waals surface area contributed by atoms with Gasteiger partial charge in [0.05, 0.1) is 19.3 Å². The zero-order chi connectivity index (χ0) is 9.10. The van der Waals surface area contributed by atoms with E-state index in [4.69, 9.17) is 4.74 Å². The van der Waals surface area contributed by atoms with Gasteiger partial charge in [0.1, 0.15) is 0 Å². The lowest BCUT2D eigenvalue weighted by Crippen LogP contribution is -2.29. The summed E-state index contributed by atoms with van der Waals surface area (Å²) in [5, 5.41) is 3.42. The van der Waals surface area contributed by atoms with Crippen molar-refractivity contribution in [1.82, 2.24) is 5.32 Å². The first kappa shape index (κ1) is 8.73. The quantitative estimate of drug-likeness (QED) is 0.744. The molecule has 0 fully saturated rings. The highest BCUT2D eigenvalue weighted by atomic mass is 16.5. The highest BCUT2D eigenvalue weighted by Crippen LogP contribution is 2.23. The Labute approximate surface area is 78.9 Å². The minimum atomic E-state index is 0.384. The lowest BCUT2D eigenvalue weighted by molar-refractivity contribution is 0.0827. The van der Waals surface area contributed by atoms with E-state index in [1.54, 1.807) is 0 Å². The van der Waals surface area contributed by atoms with Crippen molar-refractivity contribution in [2.45, 2.75) is 19.6 Å². The van der Waals surface area contributed by atoms with Gasteiger partial charge in [0.25, 0.3) is 0 Å². The summed E-state index contributed by atoms with van der Waals surface area (Å²) in [5.74, 6) is 0. The van der Waals surface area contributed by atoms with Crippen LogP contribution in [0.3, 0.4) is 0 Å². The van der Waals surface area contributed by atoms with Crippen molar-refractivity contribution in [2.75, 3.05) is 13.2 Å². The highest BCUT2D eigenvalue weighted by molar-refractivity contribution is 5.30. The van der Waals surface area contributed by atoms with Crippen molar-refractivity contribution in [1.29, 1.82) is 0 Å². The second-order valence-corrected chi connectivity index (χ2v) is 3.32. The SMILES string of the molecule is CCNC1COCc2ccccc21. The molecule has 1 heterocycles. The van der Waals surface area contributed by atoms with Gasteiger partial charge in [-0.05, 0) is 17.7 Å². The topological polar surface area (TPSA) is 21.3 Å². The van der Waals surface area contributed by atoms with Gasteiger partial charge in [-0.15, -0.1) is 0 Å². The van der Waals surface area contributed by atoms with Crippen molar-refractivity contribution < 1.29 is 4.74 Å². The van der Waals surface area contributed by atoms with Gasteiger partial charge in [-0.3, -0.25) is 0 Å². The van der Waals surface area contributed by atoms with Crippen molar-refractivity contribution >= 4 is 0 Å². The van der Waals surface area contributed by atoms with Gasteiger partial charge in [-0.25, -0.2) is 0 Å². The molecule has 1 N–H and O–H groups in total. The van der Waals surface area contributed by atoms with Crippen molar-refractivity contribution in [2.24, 2.45) is 0 Å². The fraction of sp³-hybridized carbons (Fsp3) is 0.455. The molecule has 2 nitrogen and oxygen atoms in total. The lowest BCUT2D eigenvalue weighted by atomic mass is 9.99. The maximum Gasteiger partial charge on any atom is 0.0721 e. The Balaban J connectivity index is 2.26. The van der Waals surface area contributed by atoms with Gasteiger partial charge in [0.15, 0.2) is 0 Å². The van der Waals surface area contributed by atoms with Crippen LogP contribution in [-0.4, -0.2) is 13.2 Å². The van der Waals surface area contributed by atoms with E-state index < -0.39 is 0 Å². The number of rotatable bonds is 2. The second-order valence-electron chi connectivity index (χ2n) is 3.32. The molecule has 1 aromatic rings. The average Bonchev–Trinajstić information content (AvgIpc) is 2.19. The molecule has 1 aromatic carbocycles. The van der Waals surface area contributed by atoms with E-state index >= 15 is 0 Å². The molecular formula is C11H15NO.